The minimum absolute atomic E-state index is 0.0902. The van der Waals surface area contributed by atoms with Crippen LogP contribution in [0.2, 0.25) is 0 Å². The molecule has 1 aliphatic rings. The van der Waals surface area contributed by atoms with Crippen LogP contribution in [0.3, 0.4) is 0 Å². The molecule has 0 bridgehead atoms. The number of carbonyl (C=O) groups excluding carboxylic acids is 1. The lowest BCUT2D eigenvalue weighted by atomic mass is 10.1. The number of thioether (sulfide) groups is 1. The monoisotopic (exact) mass is 389 g/mol. The Morgan fingerprint density at radius 1 is 1.19 bits per heavy atom. The van der Waals surface area contributed by atoms with Crippen LogP contribution in [0.4, 0.5) is 0 Å². The van der Waals surface area contributed by atoms with E-state index in [2.05, 4.69) is 5.32 Å². The molecule has 3 rings (SSSR count). The molecular weight excluding hydrogens is 366 g/mol. The number of hydrogen-bond donors (Lipinski definition) is 2. The summed E-state index contributed by atoms with van der Waals surface area (Å²) in [5.74, 6) is 2.79. The average Bonchev–Trinajstić information content (AvgIpc) is 2.72. The molecule has 7 heteroatoms. The van der Waals surface area contributed by atoms with E-state index in [0.29, 0.717) is 25.4 Å². The van der Waals surface area contributed by atoms with Crippen LogP contribution in [0.1, 0.15) is 18.1 Å². The summed E-state index contributed by atoms with van der Waals surface area (Å²) < 4.78 is 16.1. The Morgan fingerprint density at radius 3 is 2.67 bits per heavy atom. The fourth-order valence-electron chi connectivity index (χ4n) is 2.62. The van der Waals surface area contributed by atoms with Gasteiger partial charge in [0.15, 0.2) is 11.5 Å². The predicted molar refractivity (Wildman–Crippen MR) is 104 cm³/mol. The lowest BCUT2D eigenvalue weighted by Crippen LogP contribution is -2.28. The number of fused-ring (bicyclic) bond motifs is 1. The van der Waals surface area contributed by atoms with Crippen molar-refractivity contribution in [1.82, 2.24) is 5.32 Å². The average molecular weight is 389 g/mol. The first-order chi connectivity index (χ1) is 13.2. The number of aliphatic hydroxyl groups excluding tert-OH is 1. The highest BCUT2D eigenvalue weighted by Gasteiger charge is 2.13. The Bertz CT molecular complexity index is 765. The third-order valence-electron chi connectivity index (χ3n) is 4.10. The second kappa shape index (κ2) is 9.53. The van der Waals surface area contributed by atoms with Crippen molar-refractivity contribution in [3.8, 4) is 17.2 Å². The molecule has 1 aliphatic heterocycles. The highest BCUT2D eigenvalue weighted by molar-refractivity contribution is 7.99. The van der Waals surface area contributed by atoms with E-state index in [4.69, 9.17) is 14.2 Å². The molecule has 144 valence electrons. The van der Waals surface area contributed by atoms with Gasteiger partial charge in [-0.1, -0.05) is 12.1 Å². The number of rotatable bonds is 8. The molecule has 6 nitrogen and oxygen atoms in total. The topological polar surface area (TPSA) is 77.0 Å². The van der Waals surface area contributed by atoms with Gasteiger partial charge in [0.1, 0.15) is 19.0 Å². The molecule has 0 aliphatic carbocycles. The molecule has 1 atom stereocenters. The predicted octanol–water partition coefficient (Wildman–Crippen LogP) is 2.80. The summed E-state index contributed by atoms with van der Waals surface area (Å²) in [4.78, 5) is 13.0. The highest BCUT2D eigenvalue weighted by Crippen LogP contribution is 2.34. The zero-order chi connectivity index (χ0) is 19.1. The fourth-order valence-corrected chi connectivity index (χ4v) is 3.50. The maximum absolute atomic E-state index is 12.0. The third kappa shape index (κ3) is 5.55. The lowest BCUT2D eigenvalue weighted by molar-refractivity contribution is -0.121. The van der Waals surface area contributed by atoms with E-state index < -0.39 is 6.10 Å². The van der Waals surface area contributed by atoms with Gasteiger partial charge in [-0.3, -0.25) is 4.79 Å². The molecule has 27 heavy (non-hydrogen) atoms. The molecule has 0 saturated heterocycles. The van der Waals surface area contributed by atoms with Gasteiger partial charge in [0.05, 0.1) is 13.2 Å². The minimum Gasteiger partial charge on any atom is -0.497 e. The van der Waals surface area contributed by atoms with Crippen molar-refractivity contribution < 1.29 is 24.1 Å². The van der Waals surface area contributed by atoms with E-state index in [1.54, 1.807) is 43.1 Å². The summed E-state index contributed by atoms with van der Waals surface area (Å²) in [5.41, 5.74) is 0.738. The minimum atomic E-state index is -0.745. The third-order valence-corrected chi connectivity index (χ3v) is 5.10. The first kappa shape index (κ1) is 19.4. The zero-order valence-corrected chi connectivity index (χ0v) is 16.0. The second-order valence-corrected chi connectivity index (χ2v) is 7.17. The van der Waals surface area contributed by atoms with Gasteiger partial charge in [0.25, 0.3) is 0 Å². The van der Waals surface area contributed by atoms with Crippen molar-refractivity contribution in [1.29, 1.82) is 0 Å². The molecule has 2 aromatic rings. The standard InChI is InChI=1S/C20H23NO5S/c1-24-15-4-2-14(3-5-15)17(22)13-21-20(23)8-11-27-16-6-7-18-19(12-16)26-10-9-25-18/h2-7,12,17,22H,8-11,13H2,1H3,(H,21,23). The van der Waals surface area contributed by atoms with Gasteiger partial charge in [-0.05, 0) is 35.9 Å². The van der Waals surface area contributed by atoms with Gasteiger partial charge in [0.2, 0.25) is 5.91 Å². The molecule has 2 aromatic carbocycles. The number of ether oxygens (including phenoxy) is 3. The Morgan fingerprint density at radius 2 is 1.93 bits per heavy atom. The Balaban J connectivity index is 1.39. The van der Waals surface area contributed by atoms with E-state index in [0.717, 1.165) is 27.7 Å². The summed E-state index contributed by atoms with van der Waals surface area (Å²) in [5, 5.41) is 12.9. The number of hydrogen-bond acceptors (Lipinski definition) is 6. The van der Waals surface area contributed by atoms with E-state index in [1.165, 1.54) is 0 Å². The molecule has 0 radical (unpaired) electrons. The lowest BCUT2D eigenvalue weighted by Gasteiger charge is -2.18. The first-order valence-electron chi connectivity index (χ1n) is 8.77. The summed E-state index contributed by atoms with van der Waals surface area (Å²) in [7, 11) is 1.59. The van der Waals surface area contributed by atoms with E-state index in [1.807, 2.05) is 18.2 Å². The quantitative estimate of drug-likeness (QED) is 0.676. The normalized spacial score (nSPS) is 13.7. The smallest absolute Gasteiger partial charge is 0.220 e. The number of benzene rings is 2. The summed E-state index contributed by atoms with van der Waals surface area (Å²) in [6, 6.07) is 12.9. The number of methoxy groups -OCH3 is 1. The van der Waals surface area contributed by atoms with Crippen LogP contribution in [0.15, 0.2) is 47.4 Å². The Labute approximate surface area is 162 Å². The summed E-state index contributed by atoms with van der Waals surface area (Å²) in [6.45, 7) is 1.31. The number of aliphatic hydroxyl groups is 1. The summed E-state index contributed by atoms with van der Waals surface area (Å²) in [6.07, 6.45) is -0.376. The van der Waals surface area contributed by atoms with Gasteiger partial charge in [-0.2, -0.15) is 0 Å². The molecule has 1 amide bonds. The number of amides is 1. The molecule has 0 saturated carbocycles. The fraction of sp³-hybridized carbons (Fsp3) is 0.350. The van der Waals surface area contributed by atoms with Gasteiger partial charge in [-0.25, -0.2) is 0 Å². The molecule has 0 aromatic heterocycles. The maximum Gasteiger partial charge on any atom is 0.220 e. The van der Waals surface area contributed by atoms with Gasteiger partial charge in [-0.15, -0.1) is 11.8 Å². The second-order valence-electron chi connectivity index (χ2n) is 6.00. The molecule has 0 fully saturated rings. The van der Waals surface area contributed by atoms with Crippen LogP contribution in [0, 0.1) is 0 Å². The van der Waals surface area contributed by atoms with Crippen LogP contribution in [0.5, 0.6) is 17.2 Å². The molecule has 1 unspecified atom stereocenters. The van der Waals surface area contributed by atoms with Crippen molar-refractivity contribution in [3.63, 3.8) is 0 Å². The van der Waals surface area contributed by atoms with Gasteiger partial charge < -0.3 is 24.6 Å². The van der Waals surface area contributed by atoms with Crippen LogP contribution in [-0.4, -0.2) is 43.6 Å². The molecule has 0 spiro atoms. The first-order valence-corrected chi connectivity index (χ1v) is 9.75. The Hall–Kier alpha value is -2.38. The van der Waals surface area contributed by atoms with Crippen LogP contribution in [0.25, 0.3) is 0 Å². The Kier molecular flexibility index (Phi) is 6.84. The number of carbonyl (C=O) groups is 1. The van der Waals surface area contributed by atoms with Gasteiger partial charge in [0, 0.05) is 23.6 Å². The molecule has 1 heterocycles. The highest BCUT2D eigenvalue weighted by atomic mass is 32.2. The van der Waals surface area contributed by atoms with Crippen molar-refractivity contribution in [2.24, 2.45) is 0 Å². The van der Waals surface area contributed by atoms with Crippen molar-refractivity contribution in [2.45, 2.75) is 17.4 Å². The summed E-state index contributed by atoms with van der Waals surface area (Å²) >= 11 is 1.58. The maximum atomic E-state index is 12.0. The van der Waals surface area contributed by atoms with Crippen molar-refractivity contribution in [3.05, 3.63) is 48.0 Å². The van der Waals surface area contributed by atoms with Crippen LogP contribution >= 0.6 is 11.8 Å². The van der Waals surface area contributed by atoms with E-state index >= 15 is 0 Å². The molecule has 2 N–H and O–H groups in total. The van der Waals surface area contributed by atoms with Crippen LogP contribution in [-0.2, 0) is 4.79 Å². The van der Waals surface area contributed by atoms with Crippen molar-refractivity contribution in [2.75, 3.05) is 32.6 Å². The van der Waals surface area contributed by atoms with Gasteiger partial charge >= 0.3 is 0 Å². The van der Waals surface area contributed by atoms with E-state index in [-0.39, 0.29) is 12.5 Å². The van der Waals surface area contributed by atoms with Crippen LogP contribution < -0.4 is 19.5 Å². The molecular formula is C20H23NO5S. The SMILES string of the molecule is COc1ccc(C(O)CNC(=O)CCSc2ccc3c(c2)OCCO3)cc1. The van der Waals surface area contributed by atoms with Crippen molar-refractivity contribution >= 4 is 17.7 Å². The largest absolute Gasteiger partial charge is 0.497 e. The van der Waals surface area contributed by atoms with E-state index in [9.17, 15) is 9.90 Å². The zero-order valence-electron chi connectivity index (χ0n) is 15.1. The number of nitrogens with one attached hydrogen (secondary N) is 1.